The van der Waals surface area contributed by atoms with Crippen LogP contribution in [0.2, 0.25) is 0 Å². The first-order chi connectivity index (χ1) is 9.79. The largest absolute Gasteiger partial charge is 0.496 e. The maximum absolute atomic E-state index is 12.3. The number of fused-ring (bicyclic) bond motifs is 1. The molecule has 0 unspecified atom stereocenters. The van der Waals surface area contributed by atoms with Crippen molar-refractivity contribution < 1.29 is 9.53 Å². The Balaban J connectivity index is 0.00000161. The fourth-order valence-electron chi connectivity index (χ4n) is 2.47. The van der Waals surface area contributed by atoms with Gasteiger partial charge in [0.2, 0.25) is 0 Å². The highest BCUT2D eigenvalue weighted by atomic mass is 35.5. The van der Waals surface area contributed by atoms with Crippen LogP contribution >= 0.6 is 12.4 Å². The van der Waals surface area contributed by atoms with Crippen molar-refractivity contribution in [2.75, 3.05) is 26.7 Å². The van der Waals surface area contributed by atoms with Crippen molar-refractivity contribution in [2.45, 2.75) is 0 Å². The van der Waals surface area contributed by atoms with Gasteiger partial charge in [-0.2, -0.15) is 0 Å². The lowest BCUT2D eigenvalue weighted by molar-refractivity contribution is 0.0944. The fraction of sp³-hybridized carbons (Fsp3) is 0.312. The number of hydrogen-bond acceptors (Lipinski definition) is 3. The molecule has 0 atom stereocenters. The molecule has 2 aromatic carbocycles. The summed E-state index contributed by atoms with van der Waals surface area (Å²) in [5, 5.41) is 8.10. The van der Waals surface area contributed by atoms with E-state index in [1.165, 1.54) is 0 Å². The van der Waals surface area contributed by atoms with E-state index in [1.54, 1.807) is 7.11 Å². The average molecular weight is 307 g/mol. The highest BCUT2D eigenvalue weighted by molar-refractivity contribution is 6.08. The number of hydrogen-bond donors (Lipinski definition) is 2. The second-order valence-electron chi connectivity index (χ2n) is 5.10. The van der Waals surface area contributed by atoms with Crippen LogP contribution in [0, 0.1) is 5.92 Å². The van der Waals surface area contributed by atoms with Gasteiger partial charge >= 0.3 is 0 Å². The molecule has 1 heterocycles. The normalized spacial score (nSPS) is 14.1. The lowest BCUT2D eigenvalue weighted by Gasteiger charge is -2.27. The van der Waals surface area contributed by atoms with Crippen LogP contribution < -0.4 is 15.4 Å². The van der Waals surface area contributed by atoms with E-state index >= 15 is 0 Å². The summed E-state index contributed by atoms with van der Waals surface area (Å²) in [6, 6.07) is 11.5. The van der Waals surface area contributed by atoms with Gasteiger partial charge in [0, 0.05) is 36.5 Å². The standard InChI is InChI=1S/C16H18N2O2.ClH/c1-20-15-7-6-14(12-4-2-3-5-13(12)15)16(19)18-10-11-8-17-9-11;/h2-7,11,17H,8-10H2,1H3,(H,18,19);1H. The van der Waals surface area contributed by atoms with E-state index in [0.717, 1.165) is 36.2 Å². The van der Waals surface area contributed by atoms with E-state index in [4.69, 9.17) is 4.74 Å². The minimum absolute atomic E-state index is 0. The monoisotopic (exact) mass is 306 g/mol. The van der Waals surface area contributed by atoms with Gasteiger partial charge in [-0.3, -0.25) is 4.79 Å². The van der Waals surface area contributed by atoms with Gasteiger partial charge in [0.25, 0.3) is 5.91 Å². The number of ether oxygens (including phenoxy) is 1. The van der Waals surface area contributed by atoms with Crippen LogP contribution in [0.3, 0.4) is 0 Å². The first kappa shape index (κ1) is 15.6. The summed E-state index contributed by atoms with van der Waals surface area (Å²) < 4.78 is 5.35. The van der Waals surface area contributed by atoms with E-state index in [1.807, 2.05) is 36.4 Å². The molecule has 0 aromatic heterocycles. The van der Waals surface area contributed by atoms with Crippen LogP contribution in [-0.2, 0) is 0 Å². The Kier molecular flexibility index (Phi) is 5.04. The van der Waals surface area contributed by atoms with Crippen molar-refractivity contribution in [1.29, 1.82) is 0 Å². The molecule has 2 aromatic rings. The third-order valence-electron chi connectivity index (χ3n) is 3.77. The molecule has 4 nitrogen and oxygen atoms in total. The van der Waals surface area contributed by atoms with Crippen LogP contribution in [0.1, 0.15) is 10.4 Å². The van der Waals surface area contributed by atoms with Gasteiger partial charge < -0.3 is 15.4 Å². The summed E-state index contributed by atoms with van der Waals surface area (Å²) in [7, 11) is 1.64. The highest BCUT2D eigenvalue weighted by Gasteiger charge is 2.18. The SMILES string of the molecule is COc1ccc(C(=O)NCC2CNC2)c2ccccc12.Cl. The molecule has 21 heavy (non-hydrogen) atoms. The van der Waals surface area contributed by atoms with Crippen LogP contribution in [-0.4, -0.2) is 32.7 Å². The Morgan fingerprint density at radius 2 is 1.95 bits per heavy atom. The van der Waals surface area contributed by atoms with Crippen LogP contribution in [0.15, 0.2) is 36.4 Å². The average Bonchev–Trinajstić information content (AvgIpc) is 2.44. The van der Waals surface area contributed by atoms with Gasteiger partial charge in [-0.05, 0) is 17.5 Å². The molecule has 112 valence electrons. The van der Waals surface area contributed by atoms with Gasteiger partial charge in [0.1, 0.15) is 5.75 Å². The molecule has 3 rings (SSSR count). The van der Waals surface area contributed by atoms with Crippen molar-refractivity contribution in [3.63, 3.8) is 0 Å². The summed E-state index contributed by atoms with van der Waals surface area (Å²) in [5.41, 5.74) is 0.702. The number of methoxy groups -OCH3 is 1. The van der Waals surface area contributed by atoms with Gasteiger partial charge in [-0.15, -0.1) is 12.4 Å². The number of amides is 1. The second-order valence-corrected chi connectivity index (χ2v) is 5.10. The molecular formula is C16H19ClN2O2. The number of halogens is 1. The Labute approximate surface area is 130 Å². The summed E-state index contributed by atoms with van der Waals surface area (Å²) >= 11 is 0. The maximum Gasteiger partial charge on any atom is 0.251 e. The number of nitrogens with one attached hydrogen (secondary N) is 2. The first-order valence-corrected chi connectivity index (χ1v) is 6.84. The zero-order valence-electron chi connectivity index (χ0n) is 11.9. The van der Waals surface area contributed by atoms with Gasteiger partial charge in [0.05, 0.1) is 7.11 Å². The van der Waals surface area contributed by atoms with E-state index in [0.29, 0.717) is 11.5 Å². The van der Waals surface area contributed by atoms with E-state index in [-0.39, 0.29) is 18.3 Å². The maximum atomic E-state index is 12.3. The Hall–Kier alpha value is -1.78. The predicted molar refractivity (Wildman–Crippen MR) is 86.4 cm³/mol. The Morgan fingerprint density at radius 1 is 1.24 bits per heavy atom. The molecule has 1 saturated heterocycles. The first-order valence-electron chi connectivity index (χ1n) is 6.84. The topological polar surface area (TPSA) is 50.4 Å². The predicted octanol–water partition coefficient (Wildman–Crippen LogP) is 2.22. The van der Waals surface area contributed by atoms with Gasteiger partial charge in [0.15, 0.2) is 0 Å². The third-order valence-corrected chi connectivity index (χ3v) is 3.77. The molecule has 0 bridgehead atoms. The highest BCUT2D eigenvalue weighted by Crippen LogP contribution is 2.28. The quantitative estimate of drug-likeness (QED) is 0.910. The number of rotatable bonds is 4. The zero-order valence-corrected chi connectivity index (χ0v) is 12.7. The molecule has 2 N–H and O–H groups in total. The van der Waals surface area contributed by atoms with E-state index < -0.39 is 0 Å². The van der Waals surface area contributed by atoms with Crippen molar-refractivity contribution in [3.05, 3.63) is 42.0 Å². The number of carbonyl (C=O) groups is 1. The smallest absolute Gasteiger partial charge is 0.251 e. The fourth-order valence-corrected chi connectivity index (χ4v) is 2.47. The van der Waals surface area contributed by atoms with Crippen molar-refractivity contribution in [3.8, 4) is 5.75 Å². The third kappa shape index (κ3) is 3.12. The number of benzene rings is 2. The summed E-state index contributed by atoms with van der Waals surface area (Å²) in [6.45, 7) is 2.71. The van der Waals surface area contributed by atoms with Crippen LogP contribution in [0.25, 0.3) is 10.8 Å². The van der Waals surface area contributed by atoms with Crippen molar-refractivity contribution in [1.82, 2.24) is 10.6 Å². The minimum Gasteiger partial charge on any atom is -0.496 e. The summed E-state index contributed by atoms with van der Waals surface area (Å²) in [5.74, 6) is 1.33. The molecule has 0 spiro atoms. The molecule has 0 aliphatic carbocycles. The molecule has 0 radical (unpaired) electrons. The van der Waals surface area contributed by atoms with Crippen LogP contribution in [0.4, 0.5) is 0 Å². The molecule has 1 aliphatic heterocycles. The molecule has 0 saturated carbocycles. The lowest BCUT2D eigenvalue weighted by Crippen LogP contribution is -2.48. The van der Waals surface area contributed by atoms with Crippen LogP contribution in [0.5, 0.6) is 5.75 Å². The Bertz CT molecular complexity index is 641. The molecular weight excluding hydrogens is 288 g/mol. The molecule has 1 amide bonds. The van der Waals surface area contributed by atoms with Gasteiger partial charge in [-0.25, -0.2) is 0 Å². The molecule has 1 fully saturated rings. The Morgan fingerprint density at radius 3 is 2.57 bits per heavy atom. The van der Waals surface area contributed by atoms with Gasteiger partial charge in [-0.1, -0.05) is 24.3 Å². The second kappa shape index (κ2) is 6.78. The summed E-state index contributed by atoms with van der Waals surface area (Å²) in [4.78, 5) is 12.3. The summed E-state index contributed by atoms with van der Waals surface area (Å²) in [6.07, 6.45) is 0. The van der Waals surface area contributed by atoms with E-state index in [9.17, 15) is 4.79 Å². The van der Waals surface area contributed by atoms with Crippen molar-refractivity contribution in [2.24, 2.45) is 5.92 Å². The lowest BCUT2D eigenvalue weighted by atomic mass is 10.0. The number of carbonyl (C=O) groups excluding carboxylic acids is 1. The van der Waals surface area contributed by atoms with E-state index in [2.05, 4.69) is 10.6 Å². The van der Waals surface area contributed by atoms with Crippen molar-refractivity contribution >= 4 is 29.1 Å². The molecule has 5 heteroatoms. The molecule has 1 aliphatic rings. The minimum atomic E-state index is -0.0178. The zero-order chi connectivity index (χ0) is 13.9.